The van der Waals surface area contributed by atoms with Crippen LogP contribution in [0.2, 0.25) is 0 Å². The lowest BCUT2D eigenvalue weighted by Crippen LogP contribution is -2.13. The zero-order valence-electron chi connectivity index (χ0n) is 13.8. The molecule has 0 radical (unpaired) electrons. The van der Waals surface area contributed by atoms with Gasteiger partial charge in [0.1, 0.15) is 0 Å². The predicted octanol–water partition coefficient (Wildman–Crippen LogP) is 2.68. The number of non-ortho nitro benzene ring substituents is 1. The van der Waals surface area contributed by atoms with Crippen LogP contribution in [0.4, 0.5) is 5.69 Å². The number of methoxy groups -OCH3 is 1. The van der Waals surface area contributed by atoms with E-state index >= 15 is 0 Å². The van der Waals surface area contributed by atoms with Gasteiger partial charge in [0.05, 0.1) is 27.8 Å². The first-order valence-electron chi connectivity index (χ1n) is 7.42. The Morgan fingerprint density at radius 3 is 2.42 bits per heavy atom. The first-order valence-corrected chi connectivity index (χ1v) is 8.24. The number of amides is 1. The molecule has 0 aliphatic rings. The summed E-state index contributed by atoms with van der Waals surface area (Å²) in [5.41, 5.74) is 1.38. The van der Waals surface area contributed by atoms with Crippen LogP contribution < -0.4 is 4.80 Å². The van der Waals surface area contributed by atoms with Crippen molar-refractivity contribution in [3.05, 3.63) is 68.5 Å². The maximum atomic E-state index is 12.4. The molecule has 0 saturated heterocycles. The summed E-state index contributed by atoms with van der Waals surface area (Å²) in [6.07, 6.45) is 0. The van der Waals surface area contributed by atoms with Crippen LogP contribution in [0.1, 0.15) is 20.7 Å². The third kappa shape index (κ3) is 3.24. The van der Waals surface area contributed by atoms with Gasteiger partial charge in [0.2, 0.25) is 0 Å². The summed E-state index contributed by atoms with van der Waals surface area (Å²) >= 11 is 1.19. The van der Waals surface area contributed by atoms with Crippen LogP contribution in [-0.2, 0) is 11.8 Å². The fraction of sp³-hybridized carbons (Fsp3) is 0.118. The molecule has 0 saturated carbocycles. The van der Waals surface area contributed by atoms with Crippen molar-refractivity contribution in [2.75, 3.05) is 7.11 Å². The molecule has 3 rings (SSSR count). The van der Waals surface area contributed by atoms with Crippen molar-refractivity contribution in [1.29, 1.82) is 0 Å². The average Bonchev–Trinajstić information content (AvgIpc) is 2.96. The van der Waals surface area contributed by atoms with Gasteiger partial charge >= 0.3 is 5.97 Å². The van der Waals surface area contributed by atoms with E-state index in [2.05, 4.69) is 9.73 Å². The number of rotatable bonds is 3. The molecule has 9 heteroatoms. The lowest BCUT2D eigenvalue weighted by molar-refractivity contribution is -0.384. The summed E-state index contributed by atoms with van der Waals surface area (Å²) in [5.74, 6) is -0.962. The van der Waals surface area contributed by atoms with Crippen LogP contribution in [0, 0.1) is 10.1 Å². The Balaban J connectivity index is 1.98. The lowest BCUT2D eigenvalue weighted by Gasteiger charge is -2.00. The van der Waals surface area contributed by atoms with E-state index in [9.17, 15) is 19.7 Å². The molecule has 0 spiro atoms. The normalized spacial score (nSPS) is 11.5. The molecule has 1 amide bonds. The molecule has 0 aliphatic heterocycles. The highest BCUT2D eigenvalue weighted by Gasteiger charge is 2.12. The molecule has 0 fully saturated rings. The van der Waals surface area contributed by atoms with E-state index in [1.54, 1.807) is 17.7 Å². The van der Waals surface area contributed by atoms with E-state index in [1.807, 2.05) is 0 Å². The summed E-state index contributed by atoms with van der Waals surface area (Å²) in [6.45, 7) is 0. The second-order valence-corrected chi connectivity index (χ2v) is 6.35. The average molecular weight is 371 g/mol. The first kappa shape index (κ1) is 17.5. The summed E-state index contributed by atoms with van der Waals surface area (Å²) in [5, 5.41) is 10.9. The zero-order valence-corrected chi connectivity index (χ0v) is 14.6. The number of nitro groups is 1. The molecule has 3 aromatic rings. The third-order valence-electron chi connectivity index (χ3n) is 3.75. The third-order valence-corrected chi connectivity index (χ3v) is 4.85. The lowest BCUT2D eigenvalue weighted by atomic mass is 10.1. The van der Waals surface area contributed by atoms with E-state index in [1.165, 1.54) is 54.8 Å². The summed E-state index contributed by atoms with van der Waals surface area (Å²) in [4.78, 5) is 38.7. The number of esters is 1. The standard InChI is InChI=1S/C17H13N3O5S/c1-19-13-8-7-12(20(23)24)9-14(13)26-17(19)18-15(21)10-3-5-11(6-4-10)16(22)25-2/h3-9H,1-2H3. The molecule has 1 aromatic heterocycles. The predicted molar refractivity (Wildman–Crippen MR) is 95.1 cm³/mol. The highest BCUT2D eigenvalue weighted by Crippen LogP contribution is 2.22. The second-order valence-electron chi connectivity index (χ2n) is 5.34. The van der Waals surface area contributed by atoms with E-state index in [4.69, 9.17) is 0 Å². The second kappa shape index (κ2) is 6.89. The largest absolute Gasteiger partial charge is 0.465 e. The van der Waals surface area contributed by atoms with Crippen molar-refractivity contribution in [3.63, 3.8) is 0 Å². The number of aryl methyl sites for hydroxylation is 1. The fourth-order valence-corrected chi connectivity index (χ4v) is 3.41. The number of carbonyl (C=O) groups is 2. The summed E-state index contributed by atoms with van der Waals surface area (Å²) in [6, 6.07) is 10.5. The van der Waals surface area contributed by atoms with Crippen LogP contribution in [-0.4, -0.2) is 28.5 Å². The minimum absolute atomic E-state index is 0.0179. The number of thiazole rings is 1. The smallest absolute Gasteiger partial charge is 0.337 e. The van der Waals surface area contributed by atoms with Gasteiger partial charge in [0.25, 0.3) is 11.6 Å². The van der Waals surface area contributed by atoms with Gasteiger partial charge in [0.15, 0.2) is 4.80 Å². The Morgan fingerprint density at radius 2 is 1.81 bits per heavy atom. The van der Waals surface area contributed by atoms with E-state index < -0.39 is 16.8 Å². The van der Waals surface area contributed by atoms with Crippen molar-refractivity contribution < 1.29 is 19.2 Å². The molecule has 1 heterocycles. The maximum absolute atomic E-state index is 12.4. The van der Waals surface area contributed by atoms with Crippen LogP contribution in [0.25, 0.3) is 10.2 Å². The van der Waals surface area contributed by atoms with Crippen molar-refractivity contribution >= 4 is 39.1 Å². The molecule has 0 N–H and O–H groups in total. The minimum atomic E-state index is -0.488. The van der Waals surface area contributed by atoms with Crippen LogP contribution in [0.3, 0.4) is 0 Å². The zero-order chi connectivity index (χ0) is 18.8. The Bertz CT molecular complexity index is 1100. The van der Waals surface area contributed by atoms with Gasteiger partial charge in [-0.1, -0.05) is 11.3 Å². The number of benzene rings is 2. The topological polar surface area (TPSA) is 104 Å². The van der Waals surface area contributed by atoms with Crippen molar-refractivity contribution in [2.45, 2.75) is 0 Å². The van der Waals surface area contributed by atoms with E-state index in [0.717, 1.165) is 5.52 Å². The Morgan fingerprint density at radius 1 is 1.15 bits per heavy atom. The number of fused-ring (bicyclic) bond motifs is 1. The monoisotopic (exact) mass is 371 g/mol. The summed E-state index contributed by atoms with van der Waals surface area (Å²) < 4.78 is 6.97. The SMILES string of the molecule is COC(=O)c1ccc(C(=O)N=c2sc3cc([N+](=O)[O-])ccc3n2C)cc1. The van der Waals surface area contributed by atoms with Crippen molar-refractivity contribution in [3.8, 4) is 0 Å². The van der Waals surface area contributed by atoms with Gasteiger partial charge in [-0.25, -0.2) is 4.79 Å². The van der Waals surface area contributed by atoms with Gasteiger partial charge in [-0.15, -0.1) is 0 Å². The quantitative estimate of drug-likeness (QED) is 0.400. The summed E-state index contributed by atoms with van der Waals surface area (Å²) in [7, 11) is 3.01. The van der Waals surface area contributed by atoms with Crippen molar-refractivity contribution in [1.82, 2.24) is 4.57 Å². The number of hydrogen-bond acceptors (Lipinski definition) is 6. The fourth-order valence-electron chi connectivity index (χ4n) is 2.36. The number of nitrogens with zero attached hydrogens (tertiary/aromatic N) is 3. The molecule has 0 unspecified atom stereocenters. The van der Waals surface area contributed by atoms with Crippen LogP contribution in [0.15, 0.2) is 47.5 Å². The number of nitro benzene ring substituents is 1. The highest BCUT2D eigenvalue weighted by atomic mass is 32.1. The van der Waals surface area contributed by atoms with Crippen molar-refractivity contribution in [2.24, 2.45) is 12.0 Å². The maximum Gasteiger partial charge on any atom is 0.337 e. The Labute approximate surface area is 151 Å². The molecule has 0 atom stereocenters. The van der Waals surface area contributed by atoms with Gasteiger partial charge in [0, 0.05) is 24.7 Å². The number of hydrogen-bond donors (Lipinski definition) is 0. The number of aromatic nitrogens is 1. The van der Waals surface area contributed by atoms with Gasteiger partial charge < -0.3 is 9.30 Å². The van der Waals surface area contributed by atoms with Gasteiger partial charge in [-0.2, -0.15) is 4.99 Å². The Kier molecular flexibility index (Phi) is 4.63. The van der Waals surface area contributed by atoms with Gasteiger partial charge in [-0.3, -0.25) is 14.9 Å². The van der Waals surface area contributed by atoms with Gasteiger partial charge in [-0.05, 0) is 30.3 Å². The van der Waals surface area contributed by atoms with Crippen LogP contribution in [0.5, 0.6) is 0 Å². The number of ether oxygens (including phenoxy) is 1. The molecular formula is C17H13N3O5S. The number of carbonyl (C=O) groups excluding carboxylic acids is 2. The highest BCUT2D eigenvalue weighted by molar-refractivity contribution is 7.16. The molecule has 0 bridgehead atoms. The minimum Gasteiger partial charge on any atom is -0.465 e. The molecular weight excluding hydrogens is 358 g/mol. The molecule has 8 nitrogen and oxygen atoms in total. The Hall–Kier alpha value is -3.33. The molecule has 0 aliphatic carbocycles. The van der Waals surface area contributed by atoms with Crippen LogP contribution >= 0.6 is 11.3 Å². The molecule has 132 valence electrons. The van der Waals surface area contributed by atoms with E-state index in [0.29, 0.717) is 20.6 Å². The molecule has 26 heavy (non-hydrogen) atoms. The van der Waals surface area contributed by atoms with E-state index in [-0.39, 0.29) is 5.69 Å². The molecule has 2 aromatic carbocycles. The first-order chi connectivity index (χ1) is 12.4.